The number of carbonyl (C=O) groups excluding carboxylic acids is 1. The third-order valence-corrected chi connectivity index (χ3v) is 4.90. The van der Waals surface area contributed by atoms with Gasteiger partial charge in [0, 0.05) is 12.6 Å². The molecule has 0 spiro atoms. The number of halogens is 1. The number of amides is 1. The Morgan fingerprint density at radius 1 is 1.19 bits per heavy atom. The second kappa shape index (κ2) is 8.29. The fourth-order valence-electron chi connectivity index (χ4n) is 2.28. The topological polar surface area (TPSA) is 84.5 Å². The van der Waals surface area contributed by atoms with E-state index in [9.17, 15) is 17.6 Å². The van der Waals surface area contributed by atoms with Crippen molar-refractivity contribution in [2.75, 3.05) is 7.11 Å². The Balaban J connectivity index is 2.27. The average Bonchev–Trinajstić information content (AvgIpc) is 2.59. The molecule has 2 aromatic rings. The summed E-state index contributed by atoms with van der Waals surface area (Å²) in [6.07, 6.45) is 0. The van der Waals surface area contributed by atoms with Crippen molar-refractivity contribution in [1.29, 1.82) is 0 Å². The number of hydrogen-bond acceptors (Lipinski definition) is 4. The van der Waals surface area contributed by atoms with Crippen molar-refractivity contribution in [3.8, 4) is 5.75 Å². The van der Waals surface area contributed by atoms with Crippen molar-refractivity contribution in [3.63, 3.8) is 0 Å². The van der Waals surface area contributed by atoms with Gasteiger partial charge in [0.2, 0.25) is 10.0 Å². The lowest BCUT2D eigenvalue weighted by molar-refractivity contribution is 0.0940. The molecule has 0 saturated carbocycles. The number of rotatable bonds is 7. The second-order valence-electron chi connectivity index (χ2n) is 5.94. The minimum absolute atomic E-state index is 0.0698. The zero-order chi connectivity index (χ0) is 19.3. The average molecular weight is 380 g/mol. The van der Waals surface area contributed by atoms with E-state index in [1.807, 2.05) is 0 Å². The maximum Gasteiger partial charge on any atom is 0.255 e. The summed E-state index contributed by atoms with van der Waals surface area (Å²) in [5.41, 5.74) is 0.606. The highest BCUT2D eigenvalue weighted by Gasteiger charge is 2.20. The Labute approximate surface area is 152 Å². The molecule has 8 heteroatoms. The predicted octanol–water partition coefficient (Wildman–Crippen LogP) is 2.45. The predicted molar refractivity (Wildman–Crippen MR) is 96.0 cm³/mol. The molecule has 140 valence electrons. The van der Waals surface area contributed by atoms with Gasteiger partial charge in [-0.2, -0.15) is 0 Å². The van der Waals surface area contributed by atoms with E-state index < -0.39 is 21.7 Å². The molecule has 0 saturated heterocycles. The number of ether oxygens (including phenoxy) is 1. The molecule has 2 N–H and O–H groups in total. The number of sulfonamides is 1. The van der Waals surface area contributed by atoms with E-state index in [0.717, 1.165) is 0 Å². The molecule has 0 aliphatic rings. The van der Waals surface area contributed by atoms with Gasteiger partial charge in [-0.3, -0.25) is 4.79 Å². The summed E-state index contributed by atoms with van der Waals surface area (Å²) < 4.78 is 45.8. The van der Waals surface area contributed by atoms with Crippen molar-refractivity contribution < 1.29 is 22.3 Å². The van der Waals surface area contributed by atoms with Gasteiger partial charge in [0.1, 0.15) is 11.6 Å². The molecule has 0 aromatic heterocycles. The first-order chi connectivity index (χ1) is 12.2. The highest BCUT2D eigenvalue weighted by atomic mass is 32.2. The zero-order valence-electron chi connectivity index (χ0n) is 14.7. The highest BCUT2D eigenvalue weighted by Crippen LogP contribution is 2.23. The van der Waals surface area contributed by atoms with Gasteiger partial charge in [-0.15, -0.1) is 0 Å². The molecule has 6 nitrogen and oxygen atoms in total. The smallest absolute Gasteiger partial charge is 0.255 e. The van der Waals surface area contributed by atoms with Crippen LogP contribution in [-0.2, 0) is 16.6 Å². The Hall–Kier alpha value is -2.45. The molecular weight excluding hydrogens is 359 g/mol. The van der Waals surface area contributed by atoms with Gasteiger partial charge in [-0.25, -0.2) is 17.5 Å². The lowest BCUT2D eigenvalue weighted by atomic mass is 10.2. The van der Waals surface area contributed by atoms with Crippen molar-refractivity contribution in [1.82, 2.24) is 10.0 Å². The summed E-state index contributed by atoms with van der Waals surface area (Å²) in [4.78, 5) is 12.2. The Bertz CT molecular complexity index is 898. The summed E-state index contributed by atoms with van der Waals surface area (Å²) >= 11 is 0. The van der Waals surface area contributed by atoms with Gasteiger partial charge in [0.15, 0.2) is 0 Å². The monoisotopic (exact) mass is 380 g/mol. The molecule has 0 heterocycles. The molecule has 0 unspecified atom stereocenters. The molecule has 2 aromatic carbocycles. The molecule has 0 aliphatic carbocycles. The van der Waals surface area contributed by atoms with Gasteiger partial charge >= 0.3 is 0 Å². The van der Waals surface area contributed by atoms with Gasteiger partial charge < -0.3 is 10.1 Å². The summed E-state index contributed by atoms with van der Waals surface area (Å²) in [5, 5.41) is 2.70. The van der Waals surface area contributed by atoms with Crippen LogP contribution in [0.25, 0.3) is 0 Å². The SMILES string of the molecule is COc1ccc(S(=O)(=O)NCc2cccc(F)c2)cc1C(=O)NC(C)C. The Kier molecular flexibility index (Phi) is 6.33. The lowest BCUT2D eigenvalue weighted by Crippen LogP contribution is -2.31. The van der Waals surface area contributed by atoms with Crippen LogP contribution in [0, 0.1) is 5.82 Å². The van der Waals surface area contributed by atoms with E-state index in [2.05, 4.69) is 10.0 Å². The van der Waals surface area contributed by atoms with Crippen LogP contribution in [0.3, 0.4) is 0 Å². The van der Waals surface area contributed by atoms with E-state index in [1.165, 1.54) is 43.5 Å². The Morgan fingerprint density at radius 3 is 2.54 bits per heavy atom. The molecule has 0 radical (unpaired) electrons. The fourth-order valence-corrected chi connectivity index (χ4v) is 3.32. The molecule has 0 fully saturated rings. The molecule has 0 aliphatic heterocycles. The first-order valence-corrected chi connectivity index (χ1v) is 9.44. The van der Waals surface area contributed by atoms with E-state index in [0.29, 0.717) is 5.56 Å². The van der Waals surface area contributed by atoms with Crippen LogP contribution in [0.5, 0.6) is 5.75 Å². The van der Waals surface area contributed by atoms with Gasteiger partial charge in [-0.1, -0.05) is 12.1 Å². The zero-order valence-corrected chi connectivity index (χ0v) is 15.6. The standard InChI is InChI=1S/C18H21FN2O4S/c1-12(2)21-18(22)16-10-15(7-8-17(16)25-3)26(23,24)20-11-13-5-4-6-14(19)9-13/h4-10,12,20H,11H2,1-3H3,(H,21,22). The third-order valence-electron chi connectivity index (χ3n) is 3.50. The van der Waals surface area contributed by atoms with Crippen LogP contribution in [-0.4, -0.2) is 27.5 Å². The molecule has 1 amide bonds. The van der Waals surface area contributed by atoms with E-state index >= 15 is 0 Å². The number of methoxy groups -OCH3 is 1. The van der Waals surface area contributed by atoms with Gasteiger partial charge in [0.05, 0.1) is 17.6 Å². The molecular formula is C18H21FN2O4S. The van der Waals surface area contributed by atoms with E-state index in [4.69, 9.17) is 4.74 Å². The molecule has 2 rings (SSSR count). The summed E-state index contributed by atoms with van der Waals surface area (Å²) in [5.74, 6) is -0.606. The van der Waals surface area contributed by atoms with Crippen LogP contribution in [0.2, 0.25) is 0 Å². The minimum atomic E-state index is -3.89. The second-order valence-corrected chi connectivity index (χ2v) is 7.71. The normalized spacial score (nSPS) is 11.4. The molecule has 0 bridgehead atoms. The number of hydrogen-bond donors (Lipinski definition) is 2. The van der Waals surface area contributed by atoms with E-state index in [1.54, 1.807) is 19.9 Å². The van der Waals surface area contributed by atoms with Crippen LogP contribution in [0.15, 0.2) is 47.4 Å². The maximum atomic E-state index is 13.2. The fraction of sp³-hybridized carbons (Fsp3) is 0.278. The number of nitrogens with one attached hydrogen (secondary N) is 2. The van der Waals surface area contributed by atoms with E-state index in [-0.39, 0.29) is 28.8 Å². The van der Waals surface area contributed by atoms with Crippen LogP contribution >= 0.6 is 0 Å². The minimum Gasteiger partial charge on any atom is -0.496 e. The largest absolute Gasteiger partial charge is 0.496 e. The van der Waals surface area contributed by atoms with Crippen LogP contribution in [0.1, 0.15) is 29.8 Å². The maximum absolute atomic E-state index is 13.2. The summed E-state index contributed by atoms with van der Waals surface area (Å²) in [7, 11) is -2.49. The van der Waals surface area contributed by atoms with Gasteiger partial charge in [0.25, 0.3) is 5.91 Å². The van der Waals surface area contributed by atoms with Crippen molar-refractivity contribution in [2.24, 2.45) is 0 Å². The molecule has 26 heavy (non-hydrogen) atoms. The van der Waals surface area contributed by atoms with Crippen molar-refractivity contribution in [3.05, 3.63) is 59.4 Å². The first-order valence-electron chi connectivity index (χ1n) is 7.96. The highest BCUT2D eigenvalue weighted by molar-refractivity contribution is 7.89. The van der Waals surface area contributed by atoms with Gasteiger partial charge in [-0.05, 0) is 49.7 Å². The van der Waals surface area contributed by atoms with Crippen molar-refractivity contribution in [2.45, 2.75) is 31.3 Å². The number of benzene rings is 2. The number of carbonyl (C=O) groups is 1. The first kappa shape index (κ1) is 19.9. The van der Waals surface area contributed by atoms with Crippen LogP contribution < -0.4 is 14.8 Å². The van der Waals surface area contributed by atoms with Crippen molar-refractivity contribution >= 4 is 15.9 Å². The third kappa shape index (κ3) is 5.03. The summed E-state index contributed by atoms with van der Waals surface area (Å²) in [6, 6.07) is 9.55. The quantitative estimate of drug-likeness (QED) is 0.773. The van der Waals surface area contributed by atoms with Crippen LogP contribution in [0.4, 0.5) is 4.39 Å². The summed E-state index contributed by atoms with van der Waals surface area (Å²) in [6.45, 7) is 3.52. The Morgan fingerprint density at radius 2 is 1.92 bits per heavy atom. The lowest BCUT2D eigenvalue weighted by Gasteiger charge is -2.13. The molecule has 0 atom stereocenters.